The molecule has 0 radical (unpaired) electrons. The maximum Gasteiger partial charge on any atom is 0.302 e. The maximum absolute atomic E-state index is 12.5. The Balaban J connectivity index is 1.86. The van der Waals surface area contributed by atoms with Crippen LogP contribution in [0.15, 0.2) is 17.1 Å². The lowest BCUT2D eigenvalue weighted by Crippen LogP contribution is -2.28. The Morgan fingerprint density at radius 2 is 2.33 bits per heavy atom. The SMILES string of the molecule is O=C1CC(CS(=O)(=O)F)CN1CCc1cocn1. The van der Waals surface area contributed by atoms with E-state index >= 15 is 0 Å². The zero-order valence-electron chi connectivity index (χ0n) is 9.58. The summed E-state index contributed by atoms with van der Waals surface area (Å²) in [6.45, 7) is 0.716. The minimum Gasteiger partial charge on any atom is -0.451 e. The van der Waals surface area contributed by atoms with E-state index in [9.17, 15) is 17.1 Å². The highest BCUT2D eigenvalue weighted by Gasteiger charge is 2.32. The van der Waals surface area contributed by atoms with E-state index in [0.717, 1.165) is 5.69 Å². The van der Waals surface area contributed by atoms with Gasteiger partial charge in [-0.15, -0.1) is 3.89 Å². The zero-order valence-corrected chi connectivity index (χ0v) is 10.4. The molecule has 1 amide bonds. The third-order valence-electron chi connectivity index (χ3n) is 2.85. The molecule has 0 aliphatic carbocycles. The number of oxazole rings is 1. The van der Waals surface area contributed by atoms with Crippen LogP contribution in [0.3, 0.4) is 0 Å². The van der Waals surface area contributed by atoms with Crippen LogP contribution in [-0.2, 0) is 21.4 Å². The number of hydrogen-bond acceptors (Lipinski definition) is 5. The number of carbonyl (C=O) groups is 1. The van der Waals surface area contributed by atoms with Gasteiger partial charge in [0.25, 0.3) is 0 Å². The van der Waals surface area contributed by atoms with E-state index in [1.807, 2.05) is 0 Å². The van der Waals surface area contributed by atoms with Crippen molar-refractivity contribution in [2.45, 2.75) is 12.8 Å². The molecular formula is C10H13FN2O4S. The predicted octanol–water partition coefficient (Wildman–Crippen LogP) is 0.365. The molecule has 1 atom stereocenters. The van der Waals surface area contributed by atoms with Gasteiger partial charge < -0.3 is 9.32 Å². The summed E-state index contributed by atoms with van der Waals surface area (Å²) in [5.41, 5.74) is 0.726. The van der Waals surface area contributed by atoms with E-state index in [4.69, 9.17) is 4.42 Å². The van der Waals surface area contributed by atoms with Crippen LogP contribution in [0.2, 0.25) is 0 Å². The normalized spacial score (nSPS) is 20.6. The van der Waals surface area contributed by atoms with Crippen molar-refractivity contribution in [3.8, 4) is 0 Å². The van der Waals surface area contributed by atoms with Gasteiger partial charge in [-0.3, -0.25) is 4.79 Å². The topological polar surface area (TPSA) is 80.5 Å². The van der Waals surface area contributed by atoms with Gasteiger partial charge in [0.15, 0.2) is 6.39 Å². The number of hydrogen-bond donors (Lipinski definition) is 0. The van der Waals surface area contributed by atoms with Gasteiger partial charge in [0.2, 0.25) is 5.91 Å². The molecule has 2 rings (SSSR count). The van der Waals surface area contributed by atoms with E-state index in [1.165, 1.54) is 17.6 Å². The molecule has 1 aliphatic heterocycles. The van der Waals surface area contributed by atoms with Crippen molar-refractivity contribution in [2.24, 2.45) is 5.92 Å². The van der Waals surface area contributed by atoms with Crippen LogP contribution in [0, 0.1) is 5.92 Å². The standard InChI is InChI=1S/C10H13FN2O4S/c11-18(15,16)6-8-3-10(14)13(4-8)2-1-9-5-17-7-12-9/h5,7-8H,1-4,6H2. The fourth-order valence-corrected chi connectivity index (χ4v) is 2.86. The summed E-state index contributed by atoms with van der Waals surface area (Å²) in [5, 5.41) is 0. The molecule has 1 unspecified atom stereocenters. The second-order valence-corrected chi connectivity index (χ2v) is 5.76. The molecule has 6 nitrogen and oxygen atoms in total. The van der Waals surface area contributed by atoms with Crippen molar-refractivity contribution in [3.05, 3.63) is 18.4 Å². The molecule has 1 aromatic heterocycles. The predicted molar refractivity (Wildman–Crippen MR) is 59.8 cm³/mol. The zero-order chi connectivity index (χ0) is 13.2. The Labute approximate surface area is 104 Å². The van der Waals surface area contributed by atoms with Crippen LogP contribution in [0.25, 0.3) is 0 Å². The molecule has 0 saturated carbocycles. The van der Waals surface area contributed by atoms with E-state index in [-0.39, 0.29) is 18.9 Å². The first-order valence-electron chi connectivity index (χ1n) is 5.51. The molecule has 2 heterocycles. The molecule has 0 spiro atoms. The highest BCUT2D eigenvalue weighted by atomic mass is 32.3. The number of aromatic nitrogens is 1. The van der Waals surface area contributed by atoms with E-state index < -0.39 is 21.9 Å². The van der Waals surface area contributed by atoms with Crippen LogP contribution >= 0.6 is 0 Å². The lowest BCUT2D eigenvalue weighted by atomic mass is 10.1. The number of likely N-dealkylation sites (tertiary alicyclic amines) is 1. The Hall–Kier alpha value is -1.44. The summed E-state index contributed by atoms with van der Waals surface area (Å²) in [5.74, 6) is -1.18. The largest absolute Gasteiger partial charge is 0.451 e. The minimum absolute atomic E-state index is 0.0853. The first-order valence-corrected chi connectivity index (χ1v) is 7.06. The number of halogens is 1. The second-order valence-electron chi connectivity index (χ2n) is 4.35. The van der Waals surface area contributed by atoms with Crippen molar-refractivity contribution in [3.63, 3.8) is 0 Å². The van der Waals surface area contributed by atoms with Crippen molar-refractivity contribution < 1.29 is 21.5 Å². The van der Waals surface area contributed by atoms with Gasteiger partial charge in [-0.2, -0.15) is 8.42 Å². The molecule has 1 fully saturated rings. The highest BCUT2D eigenvalue weighted by molar-refractivity contribution is 7.86. The fraction of sp³-hybridized carbons (Fsp3) is 0.600. The highest BCUT2D eigenvalue weighted by Crippen LogP contribution is 2.20. The van der Waals surface area contributed by atoms with Crippen molar-refractivity contribution >= 4 is 16.1 Å². The molecule has 100 valence electrons. The van der Waals surface area contributed by atoms with Crippen LogP contribution in [0.5, 0.6) is 0 Å². The third kappa shape index (κ3) is 3.52. The number of amides is 1. The smallest absolute Gasteiger partial charge is 0.302 e. The third-order valence-corrected chi connectivity index (χ3v) is 3.72. The molecule has 0 aromatic carbocycles. The molecule has 1 aliphatic rings. The van der Waals surface area contributed by atoms with Crippen LogP contribution in [0.1, 0.15) is 12.1 Å². The van der Waals surface area contributed by atoms with Crippen LogP contribution < -0.4 is 0 Å². The van der Waals surface area contributed by atoms with Crippen LogP contribution in [0.4, 0.5) is 3.89 Å². The number of carbonyl (C=O) groups excluding carboxylic acids is 1. The first kappa shape index (κ1) is 13.0. The van der Waals surface area contributed by atoms with E-state index in [1.54, 1.807) is 0 Å². The maximum atomic E-state index is 12.5. The number of rotatable bonds is 5. The van der Waals surface area contributed by atoms with Gasteiger partial charge in [-0.25, -0.2) is 4.98 Å². The quantitative estimate of drug-likeness (QED) is 0.726. The summed E-state index contributed by atoms with van der Waals surface area (Å²) in [7, 11) is -4.52. The molecule has 18 heavy (non-hydrogen) atoms. The Bertz CT molecular complexity index is 514. The van der Waals surface area contributed by atoms with Crippen LogP contribution in [-0.4, -0.2) is 43.1 Å². The average molecular weight is 276 g/mol. The molecule has 0 N–H and O–H groups in total. The minimum atomic E-state index is -4.52. The lowest BCUT2D eigenvalue weighted by Gasteiger charge is -2.15. The fourth-order valence-electron chi connectivity index (χ4n) is 2.07. The summed E-state index contributed by atoms with van der Waals surface area (Å²) in [6.07, 6.45) is 3.42. The Morgan fingerprint density at radius 1 is 1.56 bits per heavy atom. The molecule has 1 aromatic rings. The molecular weight excluding hydrogens is 263 g/mol. The Kier molecular flexibility index (Phi) is 3.65. The molecule has 1 saturated heterocycles. The van der Waals surface area contributed by atoms with Gasteiger partial charge >= 0.3 is 10.2 Å². The summed E-state index contributed by atoms with van der Waals surface area (Å²) >= 11 is 0. The average Bonchev–Trinajstić information content (AvgIpc) is 2.83. The lowest BCUT2D eigenvalue weighted by molar-refractivity contribution is -0.127. The monoisotopic (exact) mass is 276 g/mol. The van der Waals surface area contributed by atoms with E-state index in [0.29, 0.717) is 13.0 Å². The molecule has 8 heteroatoms. The van der Waals surface area contributed by atoms with E-state index in [2.05, 4.69) is 4.98 Å². The summed E-state index contributed by atoms with van der Waals surface area (Å²) in [6, 6.07) is 0. The summed E-state index contributed by atoms with van der Waals surface area (Å²) in [4.78, 5) is 17.0. The second kappa shape index (κ2) is 5.05. The van der Waals surface area contributed by atoms with Gasteiger partial charge in [-0.1, -0.05) is 0 Å². The van der Waals surface area contributed by atoms with Crippen molar-refractivity contribution in [1.82, 2.24) is 9.88 Å². The number of nitrogens with zero attached hydrogens (tertiary/aromatic N) is 2. The first-order chi connectivity index (χ1) is 8.44. The van der Waals surface area contributed by atoms with Gasteiger partial charge in [0.1, 0.15) is 6.26 Å². The van der Waals surface area contributed by atoms with Gasteiger partial charge in [0.05, 0.1) is 11.4 Å². The van der Waals surface area contributed by atoms with Crippen molar-refractivity contribution in [2.75, 3.05) is 18.8 Å². The van der Waals surface area contributed by atoms with Gasteiger partial charge in [-0.05, 0) is 0 Å². The van der Waals surface area contributed by atoms with Gasteiger partial charge in [0, 0.05) is 31.8 Å². The molecule has 0 bridgehead atoms. The van der Waals surface area contributed by atoms with Crippen molar-refractivity contribution in [1.29, 1.82) is 0 Å². The Morgan fingerprint density at radius 3 is 2.94 bits per heavy atom. The summed E-state index contributed by atoms with van der Waals surface area (Å²) < 4.78 is 38.4.